The highest BCUT2D eigenvalue weighted by molar-refractivity contribution is 5.94. The van der Waals surface area contributed by atoms with Crippen LogP contribution in [-0.2, 0) is 17.8 Å². The number of fused-ring (bicyclic) bond motifs is 1. The molecule has 0 saturated heterocycles. The summed E-state index contributed by atoms with van der Waals surface area (Å²) >= 11 is 0. The van der Waals surface area contributed by atoms with Crippen molar-refractivity contribution >= 4 is 17.5 Å². The zero-order chi connectivity index (χ0) is 22.9. The first kappa shape index (κ1) is 21.1. The number of ether oxygens (including phenoxy) is 2. The Hall–Kier alpha value is -3.74. The summed E-state index contributed by atoms with van der Waals surface area (Å²) in [7, 11) is 3.23. The van der Waals surface area contributed by atoms with E-state index in [0.717, 1.165) is 41.6 Å². The Kier molecular flexibility index (Phi) is 5.54. The average molecular weight is 447 g/mol. The highest BCUT2D eigenvalue weighted by Gasteiger charge is 2.29. The largest absolute Gasteiger partial charge is 0.493 e. The molecule has 7 nitrogen and oxygen atoms in total. The van der Waals surface area contributed by atoms with Gasteiger partial charge in [-0.2, -0.15) is 0 Å². The van der Waals surface area contributed by atoms with E-state index >= 15 is 0 Å². The van der Waals surface area contributed by atoms with Gasteiger partial charge in [-0.3, -0.25) is 9.59 Å². The van der Waals surface area contributed by atoms with Gasteiger partial charge in [-0.1, -0.05) is 0 Å². The smallest absolute Gasteiger partial charge is 0.289 e. The van der Waals surface area contributed by atoms with E-state index < -0.39 is 0 Å². The van der Waals surface area contributed by atoms with Crippen molar-refractivity contribution in [2.45, 2.75) is 25.8 Å². The number of carbonyl (C=O) groups is 2. The van der Waals surface area contributed by atoms with Crippen molar-refractivity contribution in [1.29, 1.82) is 0 Å². The molecule has 0 radical (unpaired) electrons. The number of hydrogen-bond donors (Lipinski definition) is 1. The minimum atomic E-state index is -0.144. The van der Waals surface area contributed by atoms with E-state index in [0.29, 0.717) is 36.1 Å². The molecule has 1 saturated carbocycles. The molecule has 0 spiro atoms. The first-order chi connectivity index (χ1) is 16.1. The van der Waals surface area contributed by atoms with Crippen molar-refractivity contribution in [1.82, 2.24) is 4.90 Å². The fourth-order valence-electron chi connectivity index (χ4n) is 4.13. The molecule has 1 aliphatic carbocycles. The number of amides is 2. The Labute approximate surface area is 192 Å². The Morgan fingerprint density at radius 2 is 1.67 bits per heavy atom. The summed E-state index contributed by atoms with van der Waals surface area (Å²) in [4.78, 5) is 26.8. The van der Waals surface area contributed by atoms with Crippen molar-refractivity contribution < 1.29 is 23.5 Å². The van der Waals surface area contributed by atoms with Gasteiger partial charge in [-0.15, -0.1) is 0 Å². The van der Waals surface area contributed by atoms with Crippen LogP contribution in [0.2, 0.25) is 0 Å². The van der Waals surface area contributed by atoms with E-state index in [1.807, 2.05) is 36.4 Å². The maximum atomic E-state index is 13.1. The first-order valence-electron chi connectivity index (χ1n) is 11.1. The molecule has 2 aliphatic rings. The van der Waals surface area contributed by atoms with Crippen LogP contribution in [0.25, 0.3) is 11.3 Å². The van der Waals surface area contributed by atoms with Gasteiger partial charge in [0.25, 0.3) is 5.91 Å². The summed E-state index contributed by atoms with van der Waals surface area (Å²) in [5.41, 5.74) is 3.81. The maximum Gasteiger partial charge on any atom is 0.289 e. The van der Waals surface area contributed by atoms with Gasteiger partial charge < -0.3 is 24.1 Å². The third-order valence-corrected chi connectivity index (χ3v) is 6.21. The van der Waals surface area contributed by atoms with E-state index in [2.05, 4.69) is 5.32 Å². The molecule has 3 aromatic rings. The lowest BCUT2D eigenvalue weighted by molar-refractivity contribution is -0.117. The van der Waals surface area contributed by atoms with Gasteiger partial charge >= 0.3 is 0 Å². The maximum absolute atomic E-state index is 13.1. The molecule has 0 atom stereocenters. The molecule has 1 aliphatic heterocycles. The van der Waals surface area contributed by atoms with Crippen molar-refractivity contribution in [3.63, 3.8) is 0 Å². The molecule has 0 bridgehead atoms. The minimum absolute atomic E-state index is 0.0767. The lowest BCUT2D eigenvalue weighted by Crippen LogP contribution is -2.35. The highest BCUT2D eigenvalue weighted by Crippen LogP contribution is 2.34. The Morgan fingerprint density at radius 1 is 0.970 bits per heavy atom. The number of benzene rings is 2. The monoisotopic (exact) mass is 446 g/mol. The lowest BCUT2D eigenvalue weighted by Gasteiger charge is -2.29. The number of hydrogen-bond acceptors (Lipinski definition) is 5. The Bertz CT molecular complexity index is 1190. The highest BCUT2D eigenvalue weighted by atomic mass is 16.5. The first-order valence-corrected chi connectivity index (χ1v) is 11.1. The molecule has 1 aromatic heterocycles. The second-order valence-corrected chi connectivity index (χ2v) is 8.46. The van der Waals surface area contributed by atoms with Gasteiger partial charge in [0.2, 0.25) is 5.91 Å². The summed E-state index contributed by atoms with van der Waals surface area (Å²) in [6.07, 6.45) is 2.68. The standard InChI is InChI=1S/C26H26N2O5/c1-31-23-13-18-11-12-28(15-19(18)14-24(23)32-2)26(30)22-10-9-21(33-22)16-5-7-20(8-6-16)27-25(29)17-3-4-17/h5-10,13-14,17H,3-4,11-12,15H2,1-2H3,(H,27,29). The second kappa shape index (κ2) is 8.65. The fourth-order valence-corrected chi connectivity index (χ4v) is 4.13. The number of rotatable bonds is 6. The molecule has 1 N–H and O–H groups in total. The number of methoxy groups -OCH3 is 2. The van der Waals surface area contributed by atoms with Gasteiger partial charge in [0.1, 0.15) is 5.76 Å². The van der Waals surface area contributed by atoms with Crippen LogP contribution in [0.5, 0.6) is 11.5 Å². The van der Waals surface area contributed by atoms with Crippen LogP contribution in [0.4, 0.5) is 5.69 Å². The van der Waals surface area contributed by atoms with Crippen LogP contribution in [0, 0.1) is 5.92 Å². The zero-order valence-corrected chi connectivity index (χ0v) is 18.7. The number of furan rings is 1. The molecular weight excluding hydrogens is 420 g/mol. The summed E-state index contributed by atoms with van der Waals surface area (Å²) in [6.45, 7) is 1.09. The van der Waals surface area contributed by atoms with Crippen molar-refractivity contribution in [2.75, 3.05) is 26.1 Å². The van der Waals surface area contributed by atoms with E-state index in [1.54, 1.807) is 31.3 Å². The van der Waals surface area contributed by atoms with Gasteiger partial charge in [0.15, 0.2) is 17.3 Å². The summed E-state index contributed by atoms with van der Waals surface area (Å²) in [6, 6.07) is 14.9. The molecule has 2 heterocycles. The molecular formula is C26H26N2O5. The van der Waals surface area contributed by atoms with Crippen LogP contribution in [0.15, 0.2) is 52.9 Å². The number of carbonyl (C=O) groups excluding carboxylic acids is 2. The Balaban J connectivity index is 1.28. The normalized spacial score (nSPS) is 15.0. The van der Waals surface area contributed by atoms with Crippen LogP contribution in [-0.4, -0.2) is 37.5 Å². The Morgan fingerprint density at radius 3 is 2.33 bits per heavy atom. The van der Waals surface area contributed by atoms with Crippen molar-refractivity contribution in [3.8, 4) is 22.8 Å². The third kappa shape index (κ3) is 4.31. The number of nitrogens with one attached hydrogen (secondary N) is 1. The van der Waals surface area contributed by atoms with E-state index in [9.17, 15) is 9.59 Å². The molecule has 33 heavy (non-hydrogen) atoms. The van der Waals surface area contributed by atoms with E-state index in [4.69, 9.17) is 13.9 Å². The molecule has 5 rings (SSSR count). The van der Waals surface area contributed by atoms with Gasteiger partial charge in [-0.25, -0.2) is 0 Å². The second-order valence-electron chi connectivity index (χ2n) is 8.46. The van der Waals surface area contributed by atoms with Crippen LogP contribution in [0.1, 0.15) is 34.5 Å². The third-order valence-electron chi connectivity index (χ3n) is 6.21. The number of nitrogens with zero attached hydrogens (tertiary/aromatic N) is 1. The van der Waals surface area contributed by atoms with E-state index in [1.165, 1.54) is 0 Å². The van der Waals surface area contributed by atoms with Crippen molar-refractivity contribution in [2.24, 2.45) is 5.92 Å². The van der Waals surface area contributed by atoms with Gasteiger partial charge in [0.05, 0.1) is 14.2 Å². The minimum Gasteiger partial charge on any atom is -0.493 e. The molecule has 2 aromatic carbocycles. The molecule has 170 valence electrons. The van der Waals surface area contributed by atoms with Gasteiger partial charge in [-0.05, 0) is 78.9 Å². The van der Waals surface area contributed by atoms with Crippen LogP contribution in [0.3, 0.4) is 0 Å². The topological polar surface area (TPSA) is 81.0 Å². The molecule has 2 amide bonds. The predicted molar refractivity (Wildman–Crippen MR) is 123 cm³/mol. The zero-order valence-electron chi connectivity index (χ0n) is 18.7. The summed E-state index contributed by atoms with van der Waals surface area (Å²) in [5.74, 6) is 2.37. The van der Waals surface area contributed by atoms with Crippen LogP contribution >= 0.6 is 0 Å². The molecule has 7 heteroatoms. The van der Waals surface area contributed by atoms with Crippen molar-refractivity contribution in [3.05, 3.63) is 65.4 Å². The fraction of sp³-hybridized carbons (Fsp3) is 0.308. The molecule has 0 unspecified atom stereocenters. The van der Waals surface area contributed by atoms with E-state index in [-0.39, 0.29) is 17.7 Å². The lowest BCUT2D eigenvalue weighted by atomic mass is 9.98. The predicted octanol–water partition coefficient (Wildman–Crippen LogP) is 4.51. The quantitative estimate of drug-likeness (QED) is 0.603. The number of anilines is 1. The summed E-state index contributed by atoms with van der Waals surface area (Å²) in [5, 5.41) is 2.93. The average Bonchev–Trinajstić information content (AvgIpc) is 3.59. The summed E-state index contributed by atoms with van der Waals surface area (Å²) < 4.78 is 16.7. The molecule has 1 fully saturated rings. The van der Waals surface area contributed by atoms with Gasteiger partial charge in [0, 0.05) is 30.3 Å². The van der Waals surface area contributed by atoms with Crippen LogP contribution < -0.4 is 14.8 Å². The SMILES string of the molecule is COc1cc2c(cc1OC)CN(C(=O)c1ccc(-c3ccc(NC(=O)C4CC4)cc3)o1)CC2.